The van der Waals surface area contributed by atoms with Crippen LogP contribution in [0.4, 0.5) is 0 Å². The van der Waals surface area contributed by atoms with Crippen LogP contribution in [0.5, 0.6) is 0 Å². The van der Waals surface area contributed by atoms with Gasteiger partial charge in [-0.2, -0.15) is 10.1 Å². The molecule has 0 radical (unpaired) electrons. The van der Waals surface area contributed by atoms with Crippen LogP contribution >= 0.6 is 0 Å². The van der Waals surface area contributed by atoms with Gasteiger partial charge in [0.15, 0.2) is 5.69 Å². The van der Waals surface area contributed by atoms with Gasteiger partial charge in [0, 0.05) is 37.1 Å². The standard InChI is InChI=1S/C23H24N6O2/c1-16-6-5-7-17(14-16)22-24-23(31-26-22)21-18-8-3-4-9-19(18)29(25-21)15-20(30)28-12-10-27(2)11-13-28/h3-9,14H,10-13,15H2,1-2H3. The fourth-order valence-corrected chi connectivity index (χ4v) is 3.91. The van der Waals surface area contributed by atoms with Crippen LogP contribution in [-0.4, -0.2) is 68.9 Å². The van der Waals surface area contributed by atoms with Gasteiger partial charge in [0.1, 0.15) is 6.54 Å². The molecule has 2 aromatic heterocycles. The van der Waals surface area contributed by atoms with E-state index in [0.29, 0.717) is 17.4 Å². The predicted molar refractivity (Wildman–Crippen MR) is 117 cm³/mol. The summed E-state index contributed by atoms with van der Waals surface area (Å²) in [6.07, 6.45) is 0. The zero-order chi connectivity index (χ0) is 21.4. The maximum absolute atomic E-state index is 12.9. The van der Waals surface area contributed by atoms with Gasteiger partial charge in [0.2, 0.25) is 11.7 Å². The number of carbonyl (C=O) groups excluding carboxylic acids is 1. The lowest BCUT2D eigenvalue weighted by atomic mass is 10.1. The Kier molecular flexibility index (Phi) is 4.99. The molecule has 2 aromatic carbocycles. The van der Waals surface area contributed by atoms with Gasteiger partial charge in [-0.1, -0.05) is 47.1 Å². The van der Waals surface area contributed by atoms with Gasteiger partial charge in [0.05, 0.1) is 5.52 Å². The number of benzene rings is 2. The van der Waals surface area contributed by atoms with Crippen LogP contribution < -0.4 is 0 Å². The highest BCUT2D eigenvalue weighted by Crippen LogP contribution is 2.28. The van der Waals surface area contributed by atoms with Crippen molar-refractivity contribution in [1.82, 2.24) is 29.7 Å². The summed E-state index contributed by atoms with van der Waals surface area (Å²) < 4.78 is 7.30. The van der Waals surface area contributed by atoms with Crippen molar-refractivity contribution in [3.8, 4) is 23.0 Å². The average molecular weight is 416 g/mol. The molecule has 0 atom stereocenters. The number of aromatic nitrogens is 4. The van der Waals surface area contributed by atoms with Gasteiger partial charge in [-0.25, -0.2) is 0 Å². The Morgan fingerprint density at radius 1 is 1.06 bits per heavy atom. The minimum atomic E-state index is 0.0684. The maximum Gasteiger partial charge on any atom is 0.279 e. The number of piperazine rings is 1. The van der Waals surface area contributed by atoms with Crippen molar-refractivity contribution in [1.29, 1.82) is 0 Å². The molecule has 8 heteroatoms. The summed E-state index contributed by atoms with van der Waals surface area (Å²) in [5, 5.41) is 9.73. The summed E-state index contributed by atoms with van der Waals surface area (Å²) in [5.41, 5.74) is 3.48. The number of fused-ring (bicyclic) bond motifs is 1. The molecule has 0 saturated carbocycles. The van der Waals surface area contributed by atoms with E-state index in [1.807, 2.05) is 60.4 Å². The van der Waals surface area contributed by atoms with E-state index in [2.05, 4.69) is 22.1 Å². The molecular weight excluding hydrogens is 392 g/mol. The first-order valence-electron chi connectivity index (χ1n) is 10.4. The second-order valence-electron chi connectivity index (χ2n) is 8.00. The Morgan fingerprint density at radius 3 is 2.68 bits per heavy atom. The Bertz CT molecular complexity index is 1240. The molecule has 0 unspecified atom stereocenters. The topological polar surface area (TPSA) is 80.3 Å². The van der Waals surface area contributed by atoms with E-state index >= 15 is 0 Å². The van der Waals surface area contributed by atoms with Gasteiger partial charge >= 0.3 is 0 Å². The van der Waals surface area contributed by atoms with Crippen LogP contribution in [0.3, 0.4) is 0 Å². The zero-order valence-corrected chi connectivity index (χ0v) is 17.7. The Hall–Kier alpha value is -3.52. The quantitative estimate of drug-likeness (QED) is 0.509. The Balaban J connectivity index is 1.46. The fraction of sp³-hybridized carbons (Fsp3) is 0.304. The molecule has 5 rings (SSSR count). The summed E-state index contributed by atoms with van der Waals surface area (Å²) in [6.45, 7) is 5.47. The van der Waals surface area contributed by atoms with Gasteiger partial charge in [-0.05, 0) is 26.1 Å². The Morgan fingerprint density at radius 2 is 1.87 bits per heavy atom. The van der Waals surface area contributed by atoms with E-state index in [1.165, 1.54) is 0 Å². The summed E-state index contributed by atoms with van der Waals surface area (Å²) in [6, 6.07) is 15.8. The fourth-order valence-electron chi connectivity index (χ4n) is 3.91. The molecule has 3 heterocycles. The zero-order valence-electron chi connectivity index (χ0n) is 17.7. The number of likely N-dealkylation sites (N-methyl/N-ethyl adjacent to an activating group) is 1. The number of nitrogens with zero attached hydrogens (tertiary/aromatic N) is 6. The van der Waals surface area contributed by atoms with Crippen LogP contribution in [-0.2, 0) is 11.3 Å². The predicted octanol–water partition coefficient (Wildman–Crippen LogP) is 2.84. The van der Waals surface area contributed by atoms with Crippen molar-refractivity contribution in [3.63, 3.8) is 0 Å². The van der Waals surface area contributed by atoms with Crippen molar-refractivity contribution >= 4 is 16.8 Å². The van der Waals surface area contributed by atoms with Crippen molar-refractivity contribution in [3.05, 3.63) is 54.1 Å². The van der Waals surface area contributed by atoms with Gasteiger partial charge in [-0.15, -0.1) is 0 Å². The first-order chi connectivity index (χ1) is 15.1. The van der Waals surface area contributed by atoms with Crippen molar-refractivity contribution in [2.75, 3.05) is 33.2 Å². The number of hydrogen-bond donors (Lipinski definition) is 0. The van der Waals surface area contributed by atoms with E-state index in [9.17, 15) is 4.79 Å². The third-order valence-corrected chi connectivity index (χ3v) is 5.70. The highest BCUT2D eigenvalue weighted by Gasteiger charge is 2.23. The highest BCUT2D eigenvalue weighted by atomic mass is 16.5. The molecule has 0 N–H and O–H groups in total. The number of amides is 1. The SMILES string of the molecule is Cc1cccc(-c2noc(-c3nn(CC(=O)N4CCN(C)CC4)c4ccccc34)n2)c1. The van der Waals surface area contributed by atoms with E-state index in [4.69, 9.17) is 9.62 Å². The molecule has 1 amide bonds. The van der Waals surface area contributed by atoms with E-state index in [0.717, 1.165) is 48.2 Å². The van der Waals surface area contributed by atoms with E-state index < -0.39 is 0 Å². The van der Waals surface area contributed by atoms with E-state index in [-0.39, 0.29) is 12.5 Å². The monoisotopic (exact) mass is 416 g/mol. The number of carbonyl (C=O) groups is 1. The second kappa shape index (κ2) is 7.96. The summed E-state index contributed by atoms with van der Waals surface area (Å²) in [7, 11) is 2.07. The van der Waals surface area contributed by atoms with Gasteiger partial charge in [0.25, 0.3) is 5.89 Å². The van der Waals surface area contributed by atoms with Crippen molar-refractivity contribution in [2.45, 2.75) is 13.5 Å². The molecule has 31 heavy (non-hydrogen) atoms. The number of aryl methyl sites for hydroxylation is 1. The molecule has 158 valence electrons. The van der Waals surface area contributed by atoms with Crippen LogP contribution in [0.15, 0.2) is 53.1 Å². The number of para-hydroxylation sites is 1. The summed E-state index contributed by atoms with van der Waals surface area (Å²) in [5.74, 6) is 0.934. The lowest BCUT2D eigenvalue weighted by molar-refractivity contribution is -0.133. The molecule has 0 spiro atoms. The van der Waals surface area contributed by atoms with Crippen molar-refractivity contribution in [2.24, 2.45) is 0 Å². The molecular formula is C23H24N6O2. The lowest BCUT2D eigenvalue weighted by Crippen LogP contribution is -2.48. The van der Waals surface area contributed by atoms with Crippen LogP contribution in [0, 0.1) is 6.92 Å². The summed E-state index contributed by atoms with van der Waals surface area (Å²) >= 11 is 0. The second-order valence-corrected chi connectivity index (χ2v) is 8.00. The molecule has 0 aliphatic carbocycles. The van der Waals surface area contributed by atoms with Gasteiger partial charge in [-0.3, -0.25) is 9.48 Å². The lowest BCUT2D eigenvalue weighted by Gasteiger charge is -2.32. The third kappa shape index (κ3) is 3.82. The number of hydrogen-bond acceptors (Lipinski definition) is 6. The van der Waals surface area contributed by atoms with E-state index in [1.54, 1.807) is 4.68 Å². The molecule has 1 aliphatic rings. The largest absolute Gasteiger partial charge is 0.339 e. The molecule has 0 bridgehead atoms. The van der Waals surface area contributed by atoms with Crippen LogP contribution in [0.25, 0.3) is 33.9 Å². The van der Waals surface area contributed by atoms with Crippen molar-refractivity contribution < 1.29 is 9.32 Å². The minimum Gasteiger partial charge on any atom is -0.339 e. The van der Waals surface area contributed by atoms with Crippen LogP contribution in [0.2, 0.25) is 0 Å². The average Bonchev–Trinajstić information content (AvgIpc) is 3.40. The highest BCUT2D eigenvalue weighted by molar-refractivity contribution is 5.92. The van der Waals surface area contributed by atoms with Gasteiger partial charge < -0.3 is 14.3 Å². The first-order valence-corrected chi connectivity index (χ1v) is 10.4. The maximum atomic E-state index is 12.9. The molecule has 8 nitrogen and oxygen atoms in total. The Labute approximate surface area is 180 Å². The van der Waals surface area contributed by atoms with Crippen LogP contribution in [0.1, 0.15) is 5.56 Å². The molecule has 1 fully saturated rings. The summed E-state index contributed by atoms with van der Waals surface area (Å²) in [4.78, 5) is 21.6. The molecule has 1 aliphatic heterocycles. The number of rotatable bonds is 4. The normalized spacial score (nSPS) is 15.0. The molecule has 4 aromatic rings. The third-order valence-electron chi connectivity index (χ3n) is 5.70. The minimum absolute atomic E-state index is 0.0684. The first kappa shape index (κ1) is 19.4. The molecule has 1 saturated heterocycles. The smallest absolute Gasteiger partial charge is 0.279 e.